The number of aromatic nitrogens is 1. The van der Waals surface area contributed by atoms with Crippen LogP contribution >= 0.6 is 0 Å². The van der Waals surface area contributed by atoms with Gasteiger partial charge >= 0.3 is 0 Å². The Bertz CT molecular complexity index is 960. The van der Waals surface area contributed by atoms with Gasteiger partial charge in [0, 0.05) is 12.4 Å². The van der Waals surface area contributed by atoms with Crippen LogP contribution < -0.4 is 10.6 Å². The number of nitrogens with zero attached hydrogens (tertiary/aromatic N) is 3. The molecule has 1 saturated carbocycles. The zero-order chi connectivity index (χ0) is 19.9. The number of rotatable bonds is 5. The second-order valence-corrected chi connectivity index (χ2v) is 7.03. The Morgan fingerprint density at radius 1 is 1.17 bits per heavy atom. The van der Waals surface area contributed by atoms with E-state index in [2.05, 4.69) is 33.8 Å². The second kappa shape index (κ2) is 9.18. The van der Waals surface area contributed by atoms with Crippen LogP contribution in [-0.2, 0) is 11.3 Å². The Labute approximate surface area is 170 Å². The zero-order valence-electron chi connectivity index (χ0n) is 16.1. The van der Waals surface area contributed by atoms with Crippen LogP contribution in [0.2, 0.25) is 0 Å². The van der Waals surface area contributed by atoms with E-state index in [-0.39, 0.29) is 12.1 Å². The number of aliphatic imine (C=N–C) groups is 1. The van der Waals surface area contributed by atoms with Gasteiger partial charge in [0.2, 0.25) is 0 Å². The first-order valence-electron chi connectivity index (χ1n) is 9.83. The van der Waals surface area contributed by atoms with Crippen molar-refractivity contribution >= 4 is 11.5 Å². The van der Waals surface area contributed by atoms with E-state index in [9.17, 15) is 5.26 Å². The van der Waals surface area contributed by atoms with Crippen molar-refractivity contribution in [2.24, 2.45) is 4.99 Å². The Hall–Kier alpha value is -3.43. The SMILES string of the molecule is N#C/C(=C1/C=CNC(=N[C@H]2CCC[C@@H]2OCc2ccccc2)N1)c1ccccn1. The Balaban J connectivity index is 1.47. The van der Waals surface area contributed by atoms with E-state index in [0.29, 0.717) is 29.5 Å². The molecule has 0 spiro atoms. The van der Waals surface area contributed by atoms with Crippen molar-refractivity contribution in [1.82, 2.24) is 15.6 Å². The van der Waals surface area contributed by atoms with Gasteiger partial charge in [-0.15, -0.1) is 0 Å². The molecule has 1 fully saturated rings. The van der Waals surface area contributed by atoms with Gasteiger partial charge in [0.1, 0.15) is 11.6 Å². The Morgan fingerprint density at radius 2 is 2.03 bits per heavy atom. The number of pyridine rings is 1. The van der Waals surface area contributed by atoms with Crippen LogP contribution in [-0.4, -0.2) is 23.1 Å². The highest BCUT2D eigenvalue weighted by atomic mass is 16.5. The molecule has 1 aromatic heterocycles. The molecule has 2 heterocycles. The van der Waals surface area contributed by atoms with Crippen molar-refractivity contribution in [3.05, 3.63) is 84.0 Å². The van der Waals surface area contributed by atoms with Crippen molar-refractivity contribution in [2.45, 2.75) is 38.0 Å². The van der Waals surface area contributed by atoms with E-state index in [1.54, 1.807) is 12.4 Å². The van der Waals surface area contributed by atoms with Gasteiger partial charge in [0.25, 0.3) is 0 Å². The molecule has 0 bridgehead atoms. The number of benzene rings is 1. The first-order valence-corrected chi connectivity index (χ1v) is 9.83. The van der Waals surface area contributed by atoms with Gasteiger partial charge < -0.3 is 15.4 Å². The average Bonchev–Trinajstić information content (AvgIpc) is 3.21. The number of hydrogen-bond donors (Lipinski definition) is 2. The van der Waals surface area contributed by atoms with Crippen LogP contribution in [0.4, 0.5) is 0 Å². The van der Waals surface area contributed by atoms with Crippen molar-refractivity contribution in [1.29, 1.82) is 5.26 Å². The predicted molar refractivity (Wildman–Crippen MR) is 112 cm³/mol. The molecular weight excluding hydrogens is 362 g/mol. The number of nitrogens with one attached hydrogen (secondary N) is 2. The summed E-state index contributed by atoms with van der Waals surface area (Å²) in [5, 5.41) is 16.0. The van der Waals surface area contributed by atoms with Crippen LogP contribution in [0.3, 0.4) is 0 Å². The van der Waals surface area contributed by atoms with Gasteiger partial charge in [-0.25, -0.2) is 4.99 Å². The summed E-state index contributed by atoms with van der Waals surface area (Å²) in [4.78, 5) is 9.13. The molecule has 1 aliphatic carbocycles. The molecular formula is C23H23N5O. The number of allylic oxidation sites excluding steroid dienone is 2. The molecule has 146 valence electrons. The van der Waals surface area contributed by atoms with Crippen molar-refractivity contribution in [3.8, 4) is 6.07 Å². The van der Waals surface area contributed by atoms with E-state index in [4.69, 9.17) is 9.73 Å². The maximum absolute atomic E-state index is 9.62. The van der Waals surface area contributed by atoms with Gasteiger partial charge in [0.15, 0.2) is 5.96 Å². The number of ether oxygens (including phenoxy) is 1. The van der Waals surface area contributed by atoms with Crippen LogP contribution in [0.5, 0.6) is 0 Å². The third-order valence-corrected chi connectivity index (χ3v) is 5.04. The molecule has 0 amide bonds. The zero-order valence-corrected chi connectivity index (χ0v) is 16.1. The van der Waals surface area contributed by atoms with Crippen LogP contribution in [0.15, 0.2) is 77.7 Å². The molecule has 0 radical (unpaired) electrons. The third kappa shape index (κ3) is 4.71. The first kappa shape index (κ1) is 18.9. The summed E-state index contributed by atoms with van der Waals surface area (Å²) in [7, 11) is 0. The maximum Gasteiger partial charge on any atom is 0.200 e. The summed E-state index contributed by atoms with van der Waals surface area (Å²) < 4.78 is 6.15. The molecule has 6 heteroatoms. The van der Waals surface area contributed by atoms with E-state index in [1.165, 1.54) is 5.56 Å². The highest BCUT2D eigenvalue weighted by Gasteiger charge is 2.28. The highest BCUT2D eigenvalue weighted by Crippen LogP contribution is 2.26. The number of nitriles is 1. The van der Waals surface area contributed by atoms with Gasteiger partial charge in [-0.1, -0.05) is 36.4 Å². The fraction of sp³-hybridized carbons (Fsp3) is 0.261. The highest BCUT2D eigenvalue weighted by molar-refractivity contribution is 5.89. The van der Waals surface area contributed by atoms with Gasteiger partial charge in [-0.3, -0.25) is 4.98 Å². The third-order valence-electron chi connectivity index (χ3n) is 5.04. The lowest BCUT2D eigenvalue weighted by molar-refractivity contribution is 0.0361. The molecule has 1 aliphatic heterocycles. The standard InChI is InChI=1S/C23H23N5O/c24-15-18(19-9-4-5-13-25-19)20-12-14-26-23(27-20)28-21-10-6-11-22(21)29-16-17-7-2-1-3-8-17/h1-5,7-9,12-14,21-22H,6,10-11,16H2,(H2,26,27,28)/b20-18+/t21-,22-/m0/s1. The lowest BCUT2D eigenvalue weighted by Crippen LogP contribution is -2.39. The van der Waals surface area contributed by atoms with Crippen molar-refractivity contribution < 1.29 is 4.74 Å². The van der Waals surface area contributed by atoms with Crippen LogP contribution in [0.25, 0.3) is 5.57 Å². The van der Waals surface area contributed by atoms with Crippen LogP contribution in [0.1, 0.15) is 30.5 Å². The van der Waals surface area contributed by atoms with Crippen molar-refractivity contribution in [3.63, 3.8) is 0 Å². The summed E-state index contributed by atoms with van der Waals surface area (Å²) in [6.07, 6.45) is 8.47. The molecule has 29 heavy (non-hydrogen) atoms. The molecule has 4 rings (SSSR count). The smallest absolute Gasteiger partial charge is 0.200 e. The van der Waals surface area contributed by atoms with E-state index in [1.807, 2.05) is 42.5 Å². The first-order chi connectivity index (χ1) is 14.3. The summed E-state index contributed by atoms with van der Waals surface area (Å²) in [5.74, 6) is 0.631. The largest absolute Gasteiger partial charge is 0.371 e. The fourth-order valence-electron chi connectivity index (χ4n) is 3.58. The molecule has 0 unspecified atom stereocenters. The molecule has 2 N–H and O–H groups in total. The summed E-state index contributed by atoms with van der Waals surface area (Å²) in [6.45, 7) is 0.594. The summed E-state index contributed by atoms with van der Waals surface area (Å²) in [6, 6.07) is 18.1. The topological polar surface area (TPSA) is 82.3 Å². The van der Waals surface area contributed by atoms with Gasteiger partial charge in [-0.05, 0) is 43.0 Å². The van der Waals surface area contributed by atoms with Gasteiger partial charge in [-0.2, -0.15) is 5.26 Å². The predicted octanol–water partition coefficient (Wildman–Crippen LogP) is 3.52. The van der Waals surface area contributed by atoms with E-state index >= 15 is 0 Å². The normalized spacial score (nSPS) is 23.9. The molecule has 2 aliphatic rings. The number of guanidine groups is 1. The second-order valence-electron chi connectivity index (χ2n) is 7.03. The fourth-order valence-corrected chi connectivity index (χ4v) is 3.58. The molecule has 2 atom stereocenters. The molecule has 2 aromatic rings. The van der Waals surface area contributed by atoms with Crippen LogP contribution in [0, 0.1) is 11.3 Å². The monoisotopic (exact) mass is 385 g/mol. The average molecular weight is 385 g/mol. The lowest BCUT2D eigenvalue weighted by Gasteiger charge is -2.21. The minimum atomic E-state index is 0.0850. The maximum atomic E-state index is 9.62. The minimum absolute atomic E-state index is 0.0850. The lowest BCUT2D eigenvalue weighted by atomic mass is 10.1. The van der Waals surface area contributed by atoms with Gasteiger partial charge in [0.05, 0.1) is 30.1 Å². The van der Waals surface area contributed by atoms with E-state index in [0.717, 1.165) is 19.3 Å². The summed E-state index contributed by atoms with van der Waals surface area (Å²) >= 11 is 0. The van der Waals surface area contributed by atoms with E-state index < -0.39 is 0 Å². The minimum Gasteiger partial charge on any atom is -0.371 e. The molecule has 6 nitrogen and oxygen atoms in total. The molecule has 0 saturated heterocycles. The number of hydrogen-bond acceptors (Lipinski definition) is 4. The summed E-state index contributed by atoms with van der Waals surface area (Å²) in [5.41, 5.74) is 2.97. The quantitative estimate of drug-likeness (QED) is 0.770. The molecule has 1 aromatic carbocycles. The Morgan fingerprint density at radius 3 is 2.83 bits per heavy atom. The van der Waals surface area contributed by atoms with Crippen molar-refractivity contribution in [2.75, 3.05) is 0 Å². The Kier molecular flexibility index (Phi) is 5.98.